The predicted octanol–water partition coefficient (Wildman–Crippen LogP) is 2.93. The molecule has 1 amide bonds. The van der Waals surface area contributed by atoms with Gasteiger partial charge >= 0.3 is 5.97 Å². The predicted molar refractivity (Wildman–Crippen MR) is 93.9 cm³/mol. The Hall–Kier alpha value is -2.63. The Morgan fingerprint density at radius 3 is 2.64 bits per heavy atom. The molecule has 1 aromatic carbocycles. The third-order valence-electron chi connectivity index (χ3n) is 4.76. The SMILES string of the molecule is CCn1nc(C)cc1C(=O)N1CCC[C@H](c2ccc(C(=O)O)cc2)C1. The number of carbonyl (C=O) groups is 2. The van der Waals surface area contributed by atoms with Gasteiger partial charge in [0.25, 0.3) is 5.91 Å². The number of rotatable bonds is 4. The summed E-state index contributed by atoms with van der Waals surface area (Å²) in [6.07, 6.45) is 1.94. The van der Waals surface area contributed by atoms with Crippen LogP contribution in [-0.2, 0) is 6.54 Å². The normalized spacial score (nSPS) is 17.5. The summed E-state index contributed by atoms with van der Waals surface area (Å²) in [7, 11) is 0. The third kappa shape index (κ3) is 3.57. The summed E-state index contributed by atoms with van der Waals surface area (Å²) in [5.41, 5.74) is 2.86. The van der Waals surface area contributed by atoms with Gasteiger partial charge in [-0.05, 0) is 50.5 Å². The van der Waals surface area contributed by atoms with E-state index < -0.39 is 5.97 Å². The average molecular weight is 341 g/mol. The zero-order valence-corrected chi connectivity index (χ0v) is 14.6. The van der Waals surface area contributed by atoms with E-state index in [0.29, 0.717) is 18.8 Å². The molecule has 1 fully saturated rings. The lowest BCUT2D eigenvalue weighted by atomic mass is 9.90. The Labute approximate surface area is 147 Å². The Morgan fingerprint density at radius 1 is 1.28 bits per heavy atom. The van der Waals surface area contributed by atoms with E-state index >= 15 is 0 Å². The lowest BCUT2D eigenvalue weighted by Gasteiger charge is -2.33. The summed E-state index contributed by atoms with van der Waals surface area (Å²) in [6.45, 7) is 5.94. The van der Waals surface area contributed by atoms with Crippen molar-refractivity contribution < 1.29 is 14.7 Å². The van der Waals surface area contributed by atoms with Gasteiger partial charge in [0.15, 0.2) is 0 Å². The highest BCUT2D eigenvalue weighted by molar-refractivity contribution is 5.93. The van der Waals surface area contributed by atoms with Crippen LogP contribution in [-0.4, -0.2) is 44.8 Å². The summed E-state index contributed by atoms with van der Waals surface area (Å²) < 4.78 is 1.75. The summed E-state index contributed by atoms with van der Waals surface area (Å²) in [6, 6.07) is 8.84. The smallest absolute Gasteiger partial charge is 0.335 e. The topological polar surface area (TPSA) is 75.4 Å². The summed E-state index contributed by atoms with van der Waals surface area (Å²) in [4.78, 5) is 25.8. The molecule has 1 atom stereocenters. The number of carbonyl (C=O) groups excluding carboxylic acids is 1. The van der Waals surface area contributed by atoms with Gasteiger partial charge in [0.2, 0.25) is 0 Å². The molecule has 25 heavy (non-hydrogen) atoms. The molecule has 6 nitrogen and oxygen atoms in total. The number of aryl methyl sites for hydroxylation is 2. The number of amides is 1. The molecule has 1 saturated heterocycles. The minimum absolute atomic E-state index is 0.0225. The maximum atomic E-state index is 12.9. The molecule has 0 saturated carbocycles. The summed E-state index contributed by atoms with van der Waals surface area (Å²) in [5.74, 6) is -0.663. The second-order valence-corrected chi connectivity index (χ2v) is 6.50. The molecule has 6 heteroatoms. The molecule has 1 aromatic heterocycles. The monoisotopic (exact) mass is 341 g/mol. The first kappa shape index (κ1) is 17.2. The van der Waals surface area contributed by atoms with E-state index in [1.165, 1.54) is 0 Å². The number of piperidine rings is 1. The molecule has 2 aromatic rings. The van der Waals surface area contributed by atoms with Gasteiger partial charge in [-0.1, -0.05) is 12.1 Å². The van der Waals surface area contributed by atoms with Gasteiger partial charge in [-0.15, -0.1) is 0 Å². The Kier molecular flexibility index (Phi) is 4.88. The van der Waals surface area contributed by atoms with Crippen LogP contribution in [0.2, 0.25) is 0 Å². The maximum absolute atomic E-state index is 12.9. The highest BCUT2D eigenvalue weighted by Gasteiger charge is 2.27. The average Bonchev–Trinajstić information content (AvgIpc) is 3.02. The molecule has 0 unspecified atom stereocenters. The number of carboxylic acids is 1. The molecule has 132 valence electrons. The van der Waals surface area contributed by atoms with Crippen LogP contribution in [0.15, 0.2) is 30.3 Å². The third-order valence-corrected chi connectivity index (χ3v) is 4.76. The number of hydrogen-bond donors (Lipinski definition) is 1. The van der Waals surface area contributed by atoms with E-state index in [1.807, 2.05) is 36.9 Å². The van der Waals surface area contributed by atoms with Gasteiger partial charge in [0.05, 0.1) is 11.3 Å². The van der Waals surface area contributed by atoms with Crippen LogP contribution in [0.4, 0.5) is 0 Å². The van der Waals surface area contributed by atoms with Crippen molar-refractivity contribution in [2.45, 2.75) is 39.2 Å². The van der Waals surface area contributed by atoms with Crippen molar-refractivity contribution >= 4 is 11.9 Å². The van der Waals surface area contributed by atoms with Gasteiger partial charge in [-0.3, -0.25) is 9.48 Å². The Balaban J connectivity index is 1.76. The zero-order valence-electron chi connectivity index (χ0n) is 14.6. The highest BCUT2D eigenvalue weighted by atomic mass is 16.4. The number of carboxylic acid groups (broad SMARTS) is 1. The van der Waals surface area contributed by atoms with E-state index in [9.17, 15) is 9.59 Å². The van der Waals surface area contributed by atoms with Gasteiger partial charge in [-0.2, -0.15) is 5.10 Å². The van der Waals surface area contributed by atoms with Crippen LogP contribution < -0.4 is 0 Å². The van der Waals surface area contributed by atoms with Crippen LogP contribution in [0, 0.1) is 6.92 Å². The molecule has 1 N–H and O–H groups in total. The van der Waals surface area contributed by atoms with E-state index in [0.717, 1.165) is 30.6 Å². The number of nitrogens with zero attached hydrogens (tertiary/aromatic N) is 3. The standard InChI is InChI=1S/C19H23N3O3/c1-3-22-17(11-13(2)20-22)18(23)21-10-4-5-16(12-21)14-6-8-15(9-7-14)19(24)25/h6-9,11,16H,3-5,10,12H2,1-2H3,(H,24,25)/t16-/m0/s1. The fourth-order valence-corrected chi connectivity index (χ4v) is 3.45. The first-order chi connectivity index (χ1) is 12.0. The molecule has 1 aliphatic heterocycles. The van der Waals surface area contributed by atoms with Crippen molar-refractivity contribution in [2.75, 3.05) is 13.1 Å². The zero-order chi connectivity index (χ0) is 18.0. The van der Waals surface area contributed by atoms with E-state index in [1.54, 1.807) is 16.8 Å². The van der Waals surface area contributed by atoms with Crippen molar-refractivity contribution in [1.82, 2.24) is 14.7 Å². The number of benzene rings is 1. The highest BCUT2D eigenvalue weighted by Crippen LogP contribution is 2.28. The Bertz CT molecular complexity index is 780. The first-order valence-electron chi connectivity index (χ1n) is 8.66. The van der Waals surface area contributed by atoms with Crippen molar-refractivity contribution in [3.63, 3.8) is 0 Å². The summed E-state index contributed by atoms with van der Waals surface area (Å²) >= 11 is 0. The number of likely N-dealkylation sites (tertiary alicyclic amines) is 1. The largest absolute Gasteiger partial charge is 0.478 e. The van der Waals surface area contributed by atoms with Crippen LogP contribution in [0.3, 0.4) is 0 Å². The molecule has 3 rings (SSSR count). The quantitative estimate of drug-likeness (QED) is 0.928. The van der Waals surface area contributed by atoms with E-state index in [4.69, 9.17) is 5.11 Å². The number of aromatic nitrogens is 2. The molecule has 0 radical (unpaired) electrons. The second kappa shape index (κ2) is 7.09. The molecule has 0 spiro atoms. The molecular weight excluding hydrogens is 318 g/mol. The minimum atomic E-state index is -0.921. The molecule has 0 bridgehead atoms. The van der Waals surface area contributed by atoms with Crippen LogP contribution >= 0.6 is 0 Å². The number of aromatic carboxylic acids is 1. The molecule has 0 aliphatic carbocycles. The number of hydrogen-bond acceptors (Lipinski definition) is 3. The fraction of sp³-hybridized carbons (Fsp3) is 0.421. The lowest BCUT2D eigenvalue weighted by Crippen LogP contribution is -2.40. The van der Waals surface area contributed by atoms with E-state index in [-0.39, 0.29) is 17.4 Å². The van der Waals surface area contributed by atoms with Crippen molar-refractivity contribution in [3.8, 4) is 0 Å². The van der Waals surface area contributed by atoms with Gasteiger partial charge in [0, 0.05) is 25.6 Å². The van der Waals surface area contributed by atoms with Gasteiger partial charge in [0.1, 0.15) is 5.69 Å². The van der Waals surface area contributed by atoms with Gasteiger partial charge < -0.3 is 10.0 Å². The van der Waals surface area contributed by atoms with Crippen LogP contribution in [0.5, 0.6) is 0 Å². The Morgan fingerprint density at radius 2 is 2.00 bits per heavy atom. The summed E-state index contributed by atoms with van der Waals surface area (Å²) in [5, 5.41) is 13.4. The first-order valence-corrected chi connectivity index (χ1v) is 8.66. The maximum Gasteiger partial charge on any atom is 0.335 e. The second-order valence-electron chi connectivity index (χ2n) is 6.50. The van der Waals surface area contributed by atoms with Gasteiger partial charge in [-0.25, -0.2) is 4.79 Å². The molecule has 1 aliphatic rings. The van der Waals surface area contributed by atoms with Crippen LogP contribution in [0.25, 0.3) is 0 Å². The van der Waals surface area contributed by atoms with Crippen molar-refractivity contribution in [3.05, 3.63) is 52.8 Å². The molecule has 2 heterocycles. The van der Waals surface area contributed by atoms with Crippen LogP contribution in [0.1, 0.15) is 57.8 Å². The van der Waals surface area contributed by atoms with Crippen molar-refractivity contribution in [1.29, 1.82) is 0 Å². The van der Waals surface area contributed by atoms with E-state index in [2.05, 4.69) is 5.10 Å². The fourth-order valence-electron chi connectivity index (χ4n) is 3.45. The molecular formula is C19H23N3O3. The lowest BCUT2D eigenvalue weighted by molar-refractivity contribution is 0.0689. The minimum Gasteiger partial charge on any atom is -0.478 e. The van der Waals surface area contributed by atoms with Crippen molar-refractivity contribution in [2.24, 2.45) is 0 Å².